The molecule has 0 aliphatic carbocycles. The van der Waals surface area contributed by atoms with E-state index in [9.17, 15) is 23.2 Å². The highest BCUT2D eigenvalue weighted by Gasteiger charge is 2.30. The van der Waals surface area contributed by atoms with Gasteiger partial charge in [-0.05, 0) is 59.7 Å². The number of hydrogen-bond donors (Lipinski definition) is 1. The number of benzene rings is 3. The highest BCUT2D eigenvalue weighted by molar-refractivity contribution is 9.10. The van der Waals surface area contributed by atoms with Crippen molar-refractivity contribution in [2.75, 3.05) is 12.4 Å². The molecule has 0 saturated carbocycles. The van der Waals surface area contributed by atoms with Crippen molar-refractivity contribution >= 4 is 33.6 Å². The van der Waals surface area contributed by atoms with Crippen LogP contribution >= 0.6 is 15.9 Å². The Labute approximate surface area is 202 Å². The summed E-state index contributed by atoms with van der Waals surface area (Å²) in [6, 6.07) is 18.4. The van der Waals surface area contributed by atoms with E-state index in [0.29, 0.717) is 23.7 Å². The summed E-state index contributed by atoms with van der Waals surface area (Å²) in [6.07, 6.45) is -3.24. The molecule has 174 valence electrons. The monoisotopic (exact) mass is 530 g/mol. The quantitative estimate of drug-likeness (QED) is 0.276. The lowest BCUT2D eigenvalue weighted by Crippen LogP contribution is -2.14. The summed E-state index contributed by atoms with van der Waals surface area (Å²) >= 11 is 3.37. The lowest BCUT2D eigenvalue weighted by atomic mass is 10.1. The van der Waals surface area contributed by atoms with Gasteiger partial charge < -0.3 is 14.8 Å². The van der Waals surface area contributed by atoms with Gasteiger partial charge in [-0.15, -0.1) is 0 Å². The van der Waals surface area contributed by atoms with Crippen LogP contribution in [-0.4, -0.2) is 13.0 Å². The maximum atomic E-state index is 12.9. The smallest absolute Gasteiger partial charge is 0.416 e. The molecule has 34 heavy (non-hydrogen) atoms. The largest absolute Gasteiger partial charge is 0.493 e. The molecule has 5 nitrogen and oxygen atoms in total. The van der Waals surface area contributed by atoms with Gasteiger partial charge in [0.15, 0.2) is 11.5 Å². The number of nitriles is 1. The van der Waals surface area contributed by atoms with Crippen molar-refractivity contribution in [3.8, 4) is 17.6 Å². The van der Waals surface area contributed by atoms with Gasteiger partial charge in [0.1, 0.15) is 18.2 Å². The number of hydrogen-bond acceptors (Lipinski definition) is 4. The number of nitrogens with one attached hydrogen (secondary N) is 1. The van der Waals surface area contributed by atoms with Crippen molar-refractivity contribution in [2.45, 2.75) is 12.8 Å². The van der Waals surface area contributed by atoms with E-state index in [1.165, 1.54) is 25.3 Å². The van der Waals surface area contributed by atoms with E-state index in [-0.39, 0.29) is 11.3 Å². The van der Waals surface area contributed by atoms with Crippen LogP contribution in [0, 0.1) is 11.3 Å². The minimum absolute atomic E-state index is 0.0738. The zero-order valence-electron chi connectivity index (χ0n) is 17.8. The number of amides is 1. The summed E-state index contributed by atoms with van der Waals surface area (Å²) in [5, 5.41) is 11.7. The van der Waals surface area contributed by atoms with E-state index in [0.717, 1.165) is 22.2 Å². The molecule has 0 spiro atoms. The molecule has 0 aliphatic heterocycles. The molecule has 9 heteroatoms. The second-order valence-electron chi connectivity index (χ2n) is 7.03. The van der Waals surface area contributed by atoms with Crippen LogP contribution in [0.5, 0.6) is 11.5 Å². The Morgan fingerprint density at radius 2 is 1.82 bits per heavy atom. The maximum Gasteiger partial charge on any atom is 0.416 e. The van der Waals surface area contributed by atoms with E-state index >= 15 is 0 Å². The van der Waals surface area contributed by atoms with Crippen LogP contribution in [0.3, 0.4) is 0 Å². The molecule has 0 unspecified atom stereocenters. The Balaban J connectivity index is 1.75. The lowest BCUT2D eigenvalue weighted by molar-refractivity contribution is -0.137. The predicted molar refractivity (Wildman–Crippen MR) is 125 cm³/mol. The third-order valence-electron chi connectivity index (χ3n) is 4.62. The molecule has 3 aromatic rings. The average Bonchev–Trinajstić information content (AvgIpc) is 2.82. The summed E-state index contributed by atoms with van der Waals surface area (Å²) in [4.78, 5) is 12.5. The average molecular weight is 531 g/mol. The van der Waals surface area contributed by atoms with E-state index in [1.54, 1.807) is 24.3 Å². The zero-order valence-corrected chi connectivity index (χ0v) is 19.4. The Bertz CT molecular complexity index is 1250. The van der Waals surface area contributed by atoms with Gasteiger partial charge in [-0.2, -0.15) is 18.4 Å². The fourth-order valence-corrected chi connectivity index (χ4v) is 3.19. The fourth-order valence-electron chi connectivity index (χ4n) is 2.92. The van der Waals surface area contributed by atoms with E-state index in [2.05, 4.69) is 21.2 Å². The molecular weight excluding hydrogens is 513 g/mol. The summed E-state index contributed by atoms with van der Waals surface area (Å²) in [6.45, 7) is 0.307. The Kier molecular flexibility index (Phi) is 7.97. The predicted octanol–water partition coefficient (Wildman–Crippen LogP) is 6.60. The molecule has 0 radical (unpaired) electrons. The van der Waals surface area contributed by atoms with E-state index in [1.807, 2.05) is 24.3 Å². The molecule has 3 rings (SSSR count). The van der Waals surface area contributed by atoms with Crippen molar-refractivity contribution < 1.29 is 27.4 Å². The normalized spacial score (nSPS) is 11.5. The first-order valence-corrected chi connectivity index (χ1v) is 10.6. The Hall–Kier alpha value is -3.77. The second kappa shape index (κ2) is 10.9. The SMILES string of the molecule is COc1cc(/C=C(\C#N)C(=O)Nc2cccc(C(F)(F)F)c2)ccc1OCc1ccc(Br)cc1. The van der Waals surface area contributed by atoms with Crippen LogP contribution in [0.4, 0.5) is 18.9 Å². The van der Waals surface area contributed by atoms with Gasteiger partial charge in [0.05, 0.1) is 12.7 Å². The highest BCUT2D eigenvalue weighted by atomic mass is 79.9. The maximum absolute atomic E-state index is 12.9. The summed E-state index contributed by atoms with van der Waals surface area (Å²) in [7, 11) is 1.46. The van der Waals surface area contributed by atoms with Crippen molar-refractivity contribution in [1.82, 2.24) is 0 Å². The number of carbonyl (C=O) groups is 1. The lowest BCUT2D eigenvalue weighted by Gasteiger charge is -2.12. The fraction of sp³-hybridized carbons (Fsp3) is 0.120. The number of nitrogens with zero attached hydrogens (tertiary/aromatic N) is 1. The Morgan fingerprint density at radius 3 is 2.47 bits per heavy atom. The van der Waals surface area contributed by atoms with Gasteiger partial charge in [-0.25, -0.2) is 0 Å². The molecule has 3 aromatic carbocycles. The number of halogens is 4. The number of carbonyl (C=O) groups excluding carboxylic acids is 1. The minimum atomic E-state index is -4.55. The van der Waals surface area contributed by atoms with E-state index in [4.69, 9.17) is 9.47 Å². The van der Waals surface area contributed by atoms with Gasteiger partial charge >= 0.3 is 6.18 Å². The van der Waals surface area contributed by atoms with Gasteiger partial charge in [0, 0.05) is 10.2 Å². The number of methoxy groups -OCH3 is 1. The summed E-state index contributed by atoms with van der Waals surface area (Å²) in [5.41, 5.74) is 0.158. The van der Waals surface area contributed by atoms with Gasteiger partial charge in [0.2, 0.25) is 0 Å². The number of rotatable bonds is 7. The molecule has 0 fully saturated rings. The Morgan fingerprint density at radius 1 is 1.09 bits per heavy atom. The molecule has 0 aromatic heterocycles. The molecule has 0 aliphatic rings. The topological polar surface area (TPSA) is 71.3 Å². The summed E-state index contributed by atoms with van der Waals surface area (Å²) in [5.74, 6) is 0.0206. The molecule has 0 bridgehead atoms. The first kappa shape index (κ1) is 24.9. The standard InChI is InChI=1S/C25H18BrF3N2O3/c1-33-23-12-17(7-10-22(23)34-15-16-5-8-20(26)9-6-16)11-18(14-30)24(32)31-21-4-2-3-19(13-21)25(27,28)29/h2-13H,15H2,1H3,(H,31,32)/b18-11+. The number of ether oxygens (including phenoxy) is 2. The van der Waals surface area contributed by atoms with Gasteiger partial charge in [-0.3, -0.25) is 4.79 Å². The van der Waals surface area contributed by atoms with Crippen molar-refractivity contribution in [3.05, 3.63) is 93.5 Å². The number of anilines is 1. The molecule has 1 N–H and O–H groups in total. The minimum Gasteiger partial charge on any atom is -0.493 e. The summed E-state index contributed by atoms with van der Waals surface area (Å²) < 4.78 is 50.8. The highest BCUT2D eigenvalue weighted by Crippen LogP contribution is 2.31. The zero-order chi connectivity index (χ0) is 24.7. The van der Waals surface area contributed by atoms with Crippen LogP contribution in [-0.2, 0) is 17.6 Å². The molecule has 1 amide bonds. The molecule has 0 atom stereocenters. The third kappa shape index (κ3) is 6.62. The first-order chi connectivity index (χ1) is 16.2. The van der Waals surface area contributed by atoms with Crippen LogP contribution in [0.25, 0.3) is 6.08 Å². The van der Waals surface area contributed by atoms with E-state index < -0.39 is 17.6 Å². The van der Waals surface area contributed by atoms with Crippen LogP contribution in [0.1, 0.15) is 16.7 Å². The molecular formula is C25H18BrF3N2O3. The van der Waals surface area contributed by atoms with Gasteiger partial charge in [-0.1, -0.05) is 40.2 Å². The van der Waals surface area contributed by atoms with Gasteiger partial charge in [0.25, 0.3) is 5.91 Å². The van der Waals surface area contributed by atoms with Crippen molar-refractivity contribution in [2.24, 2.45) is 0 Å². The third-order valence-corrected chi connectivity index (χ3v) is 5.15. The van der Waals surface area contributed by atoms with Crippen molar-refractivity contribution in [3.63, 3.8) is 0 Å². The first-order valence-electron chi connectivity index (χ1n) is 9.85. The van der Waals surface area contributed by atoms with Crippen molar-refractivity contribution in [1.29, 1.82) is 5.26 Å². The molecule has 0 heterocycles. The second-order valence-corrected chi connectivity index (χ2v) is 7.94. The van der Waals surface area contributed by atoms with Crippen LogP contribution in [0.15, 0.2) is 76.8 Å². The number of alkyl halides is 3. The molecule has 0 saturated heterocycles. The van der Waals surface area contributed by atoms with Crippen LogP contribution in [0.2, 0.25) is 0 Å². The van der Waals surface area contributed by atoms with Crippen LogP contribution < -0.4 is 14.8 Å².